The molecule has 2 heteroatoms. The van der Waals surface area contributed by atoms with Crippen LogP contribution in [-0.2, 0) is 4.79 Å². The summed E-state index contributed by atoms with van der Waals surface area (Å²) in [7, 11) is 0. The fourth-order valence-electron chi connectivity index (χ4n) is 2.11. The normalized spacial score (nSPS) is 42.6. The van der Waals surface area contributed by atoms with Gasteiger partial charge in [0.2, 0.25) is 5.91 Å². The van der Waals surface area contributed by atoms with Crippen LogP contribution in [0.15, 0.2) is 12.2 Å². The molecule has 0 saturated heterocycles. The van der Waals surface area contributed by atoms with Crippen molar-refractivity contribution < 1.29 is 4.79 Å². The number of amides is 1. The Kier molecular flexibility index (Phi) is 1.10. The SMILES string of the molecule is NC(=O)[C@@H]1C[C@@H]2C=C[C@H]1C2. The summed E-state index contributed by atoms with van der Waals surface area (Å²) in [6, 6.07) is 0. The van der Waals surface area contributed by atoms with E-state index in [1.807, 2.05) is 0 Å². The van der Waals surface area contributed by atoms with Gasteiger partial charge in [0.05, 0.1) is 0 Å². The maximum Gasteiger partial charge on any atom is 0.221 e. The molecule has 2 aliphatic carbocycles. The summed E-state index contributed by atoms with van der Waals surface area (Å²) in [4.78, 5) is 10.8. The van der Waals surface area contributed by atoms with E-state index in [1.54, 1.807) is 0 Å². The lowest BCUT2D eigenvalue weighted by Gasteiger charge is -2.12. The van der Waals surface area contributed by atoms with Gasteiger partial charge in [0.1, 0.15) is 0 Å². The number of nitrogens with two attached hydrogens (primary N) is 1. The van der Waals surface area contributed by atoms with Gasteiger partial charge in [-0.25, -0.2) is 0 Å². The molecule has 3 atom stereocenters. The Labute approximate surface area is 60.1 Å². The Morgan fingerprint density at radius 3 is 2.50 bits per heavy atom. The lowest BCUT2D eigenvalue weighted by molar-refractivity contribution is -0.122. The van der Waals surface area contributed by atoms with Crippen LogP contribution in [0.5, 0.6) is 0 Å². The summed E-state index contributed by atoms with van der Waals surface area (Å²) >= 11 is 0. The lowest BCUT2D eigenvalue weighted by Crippen LogP contribution is -2.26. The molecule has 0 aliphatic heterocycles. The molecule has 0 aromatic rings. The molecule has 1 saturated carbocycles. The Morgan fingerprint density at radius 2 is 2.20 bits per heavy atom. The zero-order chi connectivity index (χ0) is 7.14. The van der Waals surface area contributed by atoms with Crippen molar-refractivity contribution in [1.82, 2.24) is 0 Å². The van der Waals surface area contributed by atoms with Gasteiger partial charge in [0, 0.05) is 5.92 Å². The first-order valence-electron chi connectivity index (χ1n) is 3.75. The summed E-state index contributed by atoms with van der Waals surface area (Å²) in [5.74, 6) is 1.16. The van der Waals surface area contributed by atoms with Crippen molar-refractivity contribution in [3.05, 3.63) is 12.2 Å². The van der Waals surface area contributed by atoms with E-state index < -0.39 is 0 Å². The van der Waals surface area contributed by atoms with Crippen molar-refractivity contribution in [2.24, 2.45) is 23.5 Å². The Morgan fingerprint density at radius 1 is 1.40 bits per heavy atom. The van der Waals surface area contributed by atoms with Gasteiger partial charge in [-0.3, -0.25) is 4.79 Å². The van der Waals surface area contributed by atoms with Gasteiger partial charge in [-0.15, -0.1) is 0 Å². The summed E-state index contributed by atoms with van der Waals surface area (Å²) in [5, 5.41) is 0. The van der Waals surface area contributed by atoms with Crippen molar-refractivity contribution in [3.63, 3.8) is 0 Å². The third-order valence-corrected chi connectivity index (χ3v) is 2.64. The van der Waals surface area contributed by atoms with Crippen molar-refractivity contribution in [2.75, 3.05) is 0 Å². The highest BCUT2D eigenvalue weighted by Gasteiger charge is 2.38. The minimum Gasteiger partial charge on any atom is -0.369 e. The van der Waals surface area contributed by atoms with Crippen LogP contribution >= 0.6 is 0 Å². The number of hydrogen-bond acceptors (Lipinski definition) is 1. The average molecular weight is 137 g/mol. The molecule has 0 spiro atoms. The van der Waals surface area contributed by atoms with Crippen molar-refractivity contribution in [3.8, 4) is 0 Å². The van der Waals surface area contributed by atoms with Gasteiger partial charge >= 0.3 is 0 Å². The number of carbonyl (C=O) groups excluding carboxylic acids is 1. The molecule has 1 amide bonds. The fourth-order valence-corrected chi connectivity index (χ4v) is 2.11. The monoisotopic (exact) mass is 137 g/mol. The standard InChI is InChI=1S/C8H11NO/c9-8(10)7-4-5-1-2-6(7)3-5/h1-2,5-7H,3-4H2,(H2,9,10)/t5-,6+,7-/m1/s1. The van der Waals surface area contributed by atoms with Crippen LogP contribution < -0.4 is 5.73 Å². The number of hydrogen-bond donors (Lipinski definition) is 1. The van der Waals surface area contributed by atoms with Crippen LogP contribution in [-0.4, -0.2) is 5.91 Å². The largest absolute Gasteiger partial charge is 0.369 e. The second kappa shape index (κ2) is 1.84. The fraction of sp³-hybridized carbons (Fsp3) is 0.625. The van der Waals surface area contributed by atoms with Crippen LogP contribution in [0.1, 0.15) is 12.8 Å². The van der Waals surface area contributed by atoms with Crippen LogP contribution in [0.3, 0.4) is 0 Å². The van der Waals surface area contributed by atoms with Gasteiger partial charge in [-0.1, -0.05) is 12.2 Å². The molecule has 2 bridgehead atoms. The molecule has 0 radical (unpaired) electrons. The van der Waals surface area contributed by atoms with E-state index in [1.165, 1.54) is 0 Å². The lowest BCUT2D eigenvalue weighted by atomic mass is 9.93. The summed E-state index contributed by atoms with van der Waals surface area (Å²) in [6.45, 7) is 0. The van der Waals surface area contributed by atoms with Gasteiger partial charge < -0.3 is 5.73 Å². The molecule has 54 valence electrons. The predicted molar refractivity (Wildman–Crippen MR) is 38.0 cm³/mol. The van der Waals surface area contributed by atoms with Gasteiger partial charge in [-0.05, 0) is 24.7 Å². The molecule has 0 aromatic heterocycles. The van der Waals surface area contributed by atoms with Gasteiger partial charge in [-0.2, -0.15) is 0 Å². The zero-order valence-corrected chi connectivity index (χ0v) is 5.79. The summed E-state index contributed by atoms with van der Waals surface area (Å²) < 4.78 is 0. The highest BCUT2D eigenvalue weighted by atomic mass is 16.1. The second-order valence-electron chi connectivity index (χ2n) is 3.29. The molecular weight excluding hydrogens is 126 g/mol. The van der Waals surface area contributed by atoms with Crippen molar-refractivity contribution in [2.45, 2.75) is 12.8 Å². The molecule has 10 heavy (non-hydrogen) atoms. The predicted octanol–water partition coefficient (Wildman–Crippen LogP) is 0.684. The van der Waals surface area contributed by atoms with Crippen molar-refractivity contribution >= 4 is 5.91 Å². The molecule has 2 nitrogen and oxygen atoms in total. The maximum absolute atomic E-state index is 10.8. The van der Waals surface area contributed by atoms with E-state index in [2.05, 4.69) is 12.2 Å². The molecular formula is C8H11NO. The zero-order valence-electron chi connectivity index (χ0n) is 5.79. The number of carbonyl (C=O) groups is 1. The minimum atomic E-state index is -0.114. The Hall–Kier alpha value is -0.790. The molecule has 0 aromatic carbocycles. The number of rotatable bonds is 1. The Balaban J connectivity index is 2.16. The molecule has 2 N–H and O–H groups in total. The molecule has 2 aliphatic rings. The molecule has 0 unspecified atom stereocenters. The highest BCUT2D eigenvalue weighted by molar-refractivity contribution is 5.78. The molecule has 0 heterocycles. The molecule has 1 fully saturated rings. The quantitative estimate of drug-likeness (QED) is 0.531. The minimum absolute atomic E-state index is 0.114. The van der Waals surface area contributed by atoms with E-state index in [0.717, 1.165) is 12.8 Å². The number of primary amides is 1. The van der Waals surface area contributed by atoms with Crippen LogP contribution in [0.25, 0.3) is 0 Å². The Bertz CT molecular complexity index is 197. The van der Waals surface area contributed by atoms with Crippen LogP contribution in [0, 0.1) is 17.8 Å². The number of allylic oxidation sites excluding steroid dienone is 2. The van der Waals surface area contributed by atoms with E-state index in [9.17, 15) is 4.79 Å². The summed E-state index contributed by atoms with van der Waals surface area (Å²) in [5.41, 5.74) is 5.21. The topological polar surface area (TPSA) is 43.1 Å². The number of fused-ring (bicyclic) bond motifs is 2. The first kappa shape index (κ1) is 5.96. The van der Waals surface area contributed by atoms with E-state index in [-0.39, 0.29) is 11.8 Å². The van der Waals surface area contributed by atoms with Crippen LogP contribution in [0.4, 0.5) is 0 Å². The third kappa shape index (κ3) is 0.681. The first-order valence-corrected chi connectivity index (χ1v) is 3.75. The summed E-state index contributed by atoms with van der Waals surface area (Å²) in [6.07, 6.45) is 6.51. The maximum atomic E-state index is 10.8. The molecule has 2 rings (SSSR count). The van der Waals surface area contributed by atoms with Gasteiger partial charge in [0.15, 0.2) is 0 Å². The third-order valence-electron chi connectivity index (χ3n) is 2.64. The van der Waals surface area contributed by atoms with E-state index in [4.69, 9.17) is 5.73 Å². The average Bonchev–Trinajstić information content (AvgIpc) is 2.44. The smallest absolute Gasteiger partial charge is 0.221 e. The first-order chi connectivity index (χ1) is 4.77. The van der Waals surface area contributed by atoms with E-state index >= 15 is 0 Å². The second-order valence-corrected chi connectivity index (χ2v) is 3.29. The van der Waals surface area contributed by atoms with Gasteiger partial charge in [0.25, 0.3) is 0 Å². The van der Waals surface area contributed by atoms with Crippen molar-refractivity contribution in [1.29, 1.82) is 0 Å². The van der Waals surface area contributed by atoms with E-state index in [0.29, 0.717) is 11.8 Å². The highest BCUT2D eigenvalue weighted by Crippen LogP contribution is 2.42. The van der Waals surface area contributed by atoms with Crippen LogP contribution in [0.2, 0.25) is 0 Å².